The van der Waals surface area contributed by atoms with Gasteiger partial charge in [-0.05, 0) is 24.6 Å². The standard InChI is InChI=1S/C10H20O2Si/c1-3-7-10(11)12-13(4-2)8-5-6-9-13/h3-9H2,1-2H3. The summed E-state index contributed by atoms with van der Waals surface area (Å²) in [6, 6.07) is 3.53. The molecule has 0 aliphatic carbocycles. The van der Waals surface area contributed by atoms with Gasteiger partial charge in [-0.2, -0.15) is 0 Å². The molecule has 76 valence electrons. The van der Waals surface area contributed by atoms with E-state index in [4.69, 9.17) is 4.43 Å². The summed E-state index contributed by atoms with van der Waals surface area (Å²) in [5.41, 5.74) is 0. The van der Waals surface area contributed by atoms with Crippen molar-refractivity contribution in [1.82, 2.24) is 0 Å². The third-order valence-electron chi connectivity index (χ3n) is 2.94. The Morgan fingerprint density at radius 3 is 2.38 bits per heavy atom. The topological polar surface area (TPSA) is 26.3 Å². The summed E-state index contributed by atoms with van der Waals surface area (Å²) < 4.78 is 5.69. The SMILES string of the molecule is CCCC(=O)O[Si]1(CC)CCCC1. The van der Waals surface area contributed by atoms with Gasteiger partial charge in [0.2, 0.25) is 0 Å². The molecule has 13 heavy (non-hydrogen) atoms. The number of hydrogen-bond acceptors (Lipinski definition) is 2. The third kappa shape index (κ3) is 2.83. The van der Waals surface area contributed by atoms with E-state index in [1.54, 1.807) is 0 Å². The molecule has 1 heterocycles. The minimum absolute atomic E-state index is 0.0536. The van der Waals surface area contributed by atoms with Crippen molar-refractivity contribution < 1.29 is 9.22 Å². The van der Waals surface area contributed by atoms with Gasteiger partial charge in [-0.25, -0.2) is 0 Å². The van der Waals surface area contributed by atoms with Crippen LogP contribution in [0.5, 0.6) is 0 Å². The summed E-state index contributed by atoms with van der Waals surface area (Å²) in [5, 5.41) is 0. The van der Waals surface area contributed by atoms with E-state index in [2.05, 4.69) is 6.92 Å². The molecule has 3 heteroatoms. The quantitative estimate of drug-likeness (QED) is 0.652. The van der Waals surface area contributed by atoms with Crippen molar-refractivity contribution in [1.29, 1.82) is 0 Å². The fourth-order valence-corrected chi connectivity index (χ4v) is 5.72. The molecule has 0 bridgehead atoms. The zero-order chi connectivity index (χ0) is 9.73. The molecule has 0 radical (unpaired) electrons. The first kappa shape index (κ1) is 10.8. The van der Waals surface area contributed by atoms with Gasteiger partial charge >= 0.3 is 0 Å². The molecule has 0 aromatic rings. The lowest BCUT2D eigenvalue weighted by Gasteiger charge is -2.24. The second-order valence-electron chi connectivity index (χ2n) is 3.97. The highest BCUT2D eigenvalue weighted by atomic mass is 28.4. The van der Waals surface area contributed by atoms with Gasteiger partial charge in [0.25, 0.3) is 14.3 Å². The first-order valence-corrected chi connectivity index (χ1v) is 7.97. The average Bonchev–Trinajstić information content (AvgIpc) is 2.54. The summed E-state index contributed by atoms with van der Waals surface area (Å²) in [5.74, 6) is 0.0536. The van der Waals surface area contributed by atoms with Crippen LogP contribution in [0.3, 0.4) is 0 Å². The third-order valence-corrected chi connectivity index (χ3v) is 7.42. The van der Waals surface area contributed by atoms with Crippen LogP contribution in [0, 0.1) is 0 Å². The molecule has 0 aromatic carbocycles. The van der Waals surface area contributed by atoms with Gasteiger partial charge in [0.05, 0.1) is 0 Å². The fraction of sp³-hybridized carbons (Fsp3) is 0.900. The van der Waals surface area contributed by atoms with Gasteiger partial charge in [-0.15, -0.1) is 0 Å². The minimum Gasteiger partial charge on any atom is -0.519 e. The minimum atomic E-state index is -1.56. The maximum atomic E-state index is 11.4. The lowest BCUT2D eigenvalue weighted by molar-refractivity contribution is -0.135. The van der Waals surface area contributed by atoms with Crippen LogP contribution in [0.15, 0.2) is 0 Å². The molecule has 2 nitrogen and oxygen atoms in total. The molecule has 1 saturated heterocycles. The Labute approximate surface area is 81.8 Å². The molecular weight excluding hydrogens is 180 g/mol. The van der Waals surface area contributed by atoms with Gasteiger partial charge in [0.15, 0.2) is 0 Å². The van der Waals surface area contributed by atoms with Gasteiger partial charge in [0, 0.05) is 6.42 Å². The Morgan fingerprint density at radius 2 is 1.92 bits per heavy atom. The van der Waals surface area contributed by atoms with Crippen molar-refractivity contribution >= 4 is 14.3 Å². The predicted octanol–water partition coefficient (Wildman–Crippen LogP) is 3.09. The van der Waals surface area contributed by atoms with Gasteiger partial charge in [-0.3, -0.25) is 4.79 Å². The lowest BCUT2D eigenvalue weighted by atomic mass is 10.4. The monoisotopic (exact) mass is 200 g/mol. The first-order chi connectivity index (χ1) is 6.22. The van der Waals surface area contributed by atoms with E-state index in [0.717, 1.165) is 12.5 Å². The maximum absolute atomic E-state index is 11.4. The molecule has 0 aromatic heterocycles. The van der Waals surface area contributed by atoms with Crippen LogP contribution in [0.1, 0.15) is 39.5 Å². The van der Waals surface area contributed by atoms with Gasteiger partial charge in [-0.1, -0.05) is 26.7 Å². The highest BCUT2D eigenvalue weighted by Crippen LogP contribution is 2.34. The number of carbonyl (C=O) groups is 1. The Kier molecular flexibility index (Phi) is 3.97. The van der Waals surface area contributed by atoms with Crippen LogP contribution >= 0.6 is 0 Å². The van der Waals surface area contributed by atoms with E-state index in [-0.39, 0.29) is 5.97 Å². The Hall–Kier alpha value is -0.313. The van der Waals surface area contributed by atoms with Crippen LogP contribution < -0.4 is 0 Å². The van der Waals surface area contributed by atoms with E-state index in [0.29, 0.717) is 6.42 Å². The van der Waals surface area contributed by atoms with Crippen LogP contribution in [0.2, 0.25) is 18.1 Å². The van der Waals surface area contributed by atoms with Crippen LogP contribution in [0.25, 0.3) is 0 Å². The summed E-state index contributed by atoms with van der Waals surface area (Å²) in [7, 11) is -1.56. The van der Waals surface area contributed by atoms with Crippen molar-refractivity contribution in [3.63, 3.8) is 0 Å². The summed E-state index contributed by atoms with van der Waals surface area (Å²) in [6.07, 6.45) is 4.07. The Morgan fingerprint density at radius 1 is 1.31 bits per heavy atom. The number of carbonyl (C=O) groups excluding carboxylic acids is 1. The lowest BCUT2D eigenvalue weighted by Crippen LogP contribution is -2.36. The van der Waals surface area contributed by atoms with Gasteiger partial charge in [0.1, 0.15) is 0 Å². The van der Waals surface area contributed by atoms with Gasteiger partial charge < -0.3 is 4.43 Å². The molecule has 0 amide bonds. The summed E-state index contributed by atoms with van der Waals surface area (Å²) in [6.45, 7) is 4.20. The molecule has 1 aliphatic heterocycles. The van der Waals surface area contributed by atoms with Crippen LogP contribution in [-0.4, -0.2) is 14.3 Å². The molecule has 0 unspecified atom stereocenters. The maximum Gasteiger partial charge on any atom is 0.292 e. The average molecular weight is 200 g/mol. The summed E-state index contributed by atoms with van der Waals surface area (Å²) >= 11 is 0. The molecule has 1 aliphatic rings. The van der Waals surface area contributed by atoms with E-state index in [1.165, 1.54) is 24.9 Å². The number of hydrogen-bond donors (Lipinski definition) is 0. The van der Waals surface area contributed by atoms with E-state index >= 15 is 0 Å². The van der Waals surface area contributed by atoms with Crippen LogP contribution in [0.4, 0.5) is 0 Å². The zero-order valence-electron chi connectivity index (χ0n) is 8.77. The molecule has 0 atom stereocenters. The van der Waals surface area contributed by atoms with Crippen molar-refractivity contribution in [2.45, 2.75) is 57.7 Å². The normalized spacial score (nSPS) is 20.2. The van der Waals surface area contributed by atoms with Crippen molar-refractivity contribution in [3.8, 4) is 0 Å². The Bertz CT molecular complexity index is 174. The summed E-state index contributed by atoms with van der Waals surface area (Å²) in [4.78, 5) is 11.4. The second-order valence-corrected chi connectivity index (χ2v) is 8.24. The molecule has 1 fully saturated rings. The van der Waals surface area contributed by atoms with Crippen molar-refractivity contribution in [3.05, 3.63) is 0 Å². The van der Waals surface area contributed by atoms with Crippen LogP contribution in [-0.2, 0) is 9.22 Å². The highest BCUT2D eigenvalue weighted by molar-refractivity contribution is 6.75. The largest absolute Gasteiger partial charge is 0.519 e. The van der Waals surface area contributed by atoms with E-state index < -0.39 is 8.32 Å². The molecule has 0 spiro atoms. The fourth-order valence-electron chi connectivity index (χ4n) is 2.04. The van der Waals surface area contributed by atoms with E-state index in [1.807, 2.05) is 6.92 Å². The molecule has 0 N–H and O–H groups in total. The highest BCUT2D eigenvalue weighted by Gasteiger charge is 2.39. The van der Waals surface area contributed by atoms with Crippen molar-refractivity contribution in [2.75, 3.05) is 0 Å². The van der Waals surface area contributed by atoms with Crippen molar-refractivity contribution in [2.24, 2.45) is 0 Å². The molecule has 0 saturated carbocycles. The molecule has 1 rings (SSSR count). The number of rotatable bonds is 4. The Balaban J connectivity index is 2.43. The first-order valence-electron chi connectivity index (χ1n) is 5.44. The van der Waals surface area contributed by atoms with E-state index in [9.17, 15) is 4.79 Å². The molecular formula is C10H20O2Si. The second kappa shape index (κ2) is 4.79. The predicted molar refractivity (Wildman–Crippen MR) is 56.1 cm³/mol. The smallest absolute Gasteiger partial charge is 0.292 e. The zero-order valence-corrected chi connectivity index (χ0v) is 9.77.